The highest BCUT2D eigenvalue weighted by Gasteiger charge is 2.61. The maximum atomic E-state index is 10.9. The number of hydrogen-bond donors (Lipinski definition) is 1. The van der Waals surface area contributed by atoms with E-state index in [1.807, 2.05) is 0 Å². The van der Waals surface area contributed by atoms with Crippen LogP contribution in [0.25, 0.3) is 0 Å². The highest BCUT2D eigenvalue weighted by molar-refractivity contribution is 5.10. The van der Waals surface area contributed by atoms with Gasteiger partial charge in [-0.05, 0) is 91.3 Å². The summed E-state index contributed by atoms with van der Waals surface area (Å²) in [4.78, 5) is 0. The molecule has 4 aliphatic rings. The molecule has 0 aromatic carbocycles. The van der Waals surface area contributed by atoms with Crippen LogP contribution in [0.4, 0.5) is 0 Å². The van der Waals surface area contributed by atoms with E-state index >= 15 is 0 Å². The first kappa shape index (κ1) is 15.5. The van der Waals surface area contributed by atoms with Gasteiger partial charge in [-0.25, -0.2) is 0 Å². The average molecular weight is 305 g/mol. The molecule has 4 fully saturated rings. The molecule has 0 aromatic rings. The standard InChI is InChI=1S/C21H36O/c1-19(2)12-17-15-9-8-14-6-5-7-18(22)21(14,4)16(15)10-11-20(17,3)13-19/h14-18,22H,5-13H2,1-4H3/t14?,15-,16-,17+,18?,20-,21+/m1/s1. The molecule has 0 saturated heterocycles. The van der Waals surface area contributed by atoms with Crippen molar-refractivity contribution in [2.75, 3.05) is 0 Å². The van der Waals surface area contributed by atoms with Crippen molar-refractivity contribution in [3.63, 3.8) is 0 Å². The lowest BCUT2D eigenvalue weighted by Crippen LogP contribution is -2.57. The number of aliphatic hydroxyl groups is 1. The third-order valence-corrected chi connectivity index (χ3v) is 8.89. The monoisotopic (exact) mass is 304 g/mol. The molecule has 1 nitrogen and oxygen atoms in total. The van der Waals surface area contributed by atoms with Crippen molar-refractivity contribution in [2.24, 2.45) is 39.9 Å². The lowest BCUT2D eigenvalue weighted by molar-refractivity contribution is -0.159. The van der Waals surface area contributed by atoms with Gasteiger partial charge < -0.3 is 5.11 Å². The maximum Gasteiger partial charge on any atom is 0.0599 e. The molecule has 0 aliphatic heterocycles. The van der Waals surface area contributed by atoms with Gasteiger partial charge in [0.15, 0.2) is 0 Å². The van der Waals surface area contributed by atoms with Crippen LogP contribution in [-0.2, 0) is 0 Å². The van der Waals surface area contributed by atoms with Crippen LogP contribution in [0.3, 0.4) is 0 Å². The van der Waals surface area contributed by atoms with Gasteiger partial charge in [0, 0.05) is 0 Å². The first-order chi connectivity index (χ1) is 10.3. The quantitative estimate of drug-likeness (QED) is 0.634. The Hall–Kier alpha value is -0.0400. The van der Waals surface area contributed by atoms with Gasteiger partial charge in [-0.2, -0.15) is 0 Å². The third-order valence-electron chi connectivity index (χ3n) is 8.89. The van der Waals surface area contributed by atoms with Gasteiger partial charge in [-0.1, -0.05) is 34.1 Å². The second-order valence-electron chi connectivity index (χ2n) is 10.7. The van der Waals surface area contributed by atoms with Gasteiger partial charge in [0.25, 0.3) is 0 Å². The summed E-state index contributed by atoms with van der Waals surface area (Å²) < 4.78 is 0. The summed E-state index contributed by atoms with van der Waals surface area (Å²) in [5.41, 5.74) is 1.36. The molecule has 22 heavy (non-hydrogen) atoms. The Balaban J connectivity index is 1.67. The summed E-state index contributed by atoms with van der Waals surface area (Å²) >= 11 is 0. The molecular formula is C21H36O. The molecule has 4 aliphatic carbocycles. The Morgan fingerprint density at radius 2 is 1.64 bits per heavy atom. The van der Waals surface area contributed by atoms with Crippen molar-refractivity contribution >= 4 is 0 Å². The van der Waals surface area contributed by atoms with Crippen molar-refractivity contribution in [3.05, 3.63) is 0 Å². The van der Waals surface area contributed by atoms with E-state index in [0.29, 0.717) is 10.8 Å². The van der Waals surface area contributed by atoms with Crippen LogP contribution in [0.15, 0.2) is 0 Å². The first-order valence-corrected chi connectivity index (χ1v) is 9.94. The molecule has 0 spiro atoms. The minimum absolute atomic E-state index is 0.0298. The summed E-state index contributed by atoms with van der Waals surface area (Å²) in [5.74, 6) is 3.42. The van der Waals surface area contributed by atoms with Gasteiger partial charge in [0.1, 0.15) is 0 Å². The van der Waals surface area contributed by atoms with Crippen LogP contribution < -0.4 is 0 Å². The Morgan fingerprint density at radius 1 is 0.864 bits per heavy atom. The van der Waals surface area contributed by atoms with Crippen LogP contribution >= 0.6 is 0 Å². The van der Waals surface area contributed by atoms with E-state index in [1.54, 1.807) is 0 Å². The fraction of sp³-hybridized carbons (Fsp3) is 1.00. The molecule has 4 rings (SSSR count). The van der Waals surface area contributed by atoms with Crippen molar-refractivity contribution in [1.82, 2.24) is 0 Å². The molecule has 126 valence electrons. The molecule has 2 unspecified atom stereocenters. The van der Waals surface area contributed by atoms with Gasteiger partial charge in [-0.15, -0.1) is 0 Å². The fourth-order valence-electron chi connectivity index (χ4n) is 8.09. The molecule has 0 bridgehead atoms. The molecule has 4 saturated carbocycles. The molecule has 0 aromatic heterocycles. The molecule has 1 heteroatoms. The maximum absolute atomic E-state index is 10.9. The van der Waals surface area contributed by atoms with Crippen LogP contribution in [0.1, 0.15) is 85.5 Å². The Kier molecular flexibility index (Phi) is 3.34. The zero-order valence-corrected chi connectivity index (χ0v) is 15.2. The summed E-state index contributed by atoms with van der Waals surface area (Å²) in [6, 6.07) is 0. The van der Waals surface area contributed by atoms with E-state index in [1.165, 1.54) is 51.4 Å². The van der Waals surface area contributed by atoms with Gasteiger partial charge >= 0.3 is 0 Å². The zero-order valence-electron chi connectivity index (χ0n) is 15.2. The zero-order chi connectivity index (χ0) is 15.8. The number of rotatable bonds is 0. The molecule has 0 amide bonds. The second-order valence-corrected chi connectivity index (χ2v) is 10.7. The summed E-state index contributed by atoms with van der Waals surface area (Å²) in [7, 11) is 0. The van der Waals surface area contributed by atoms with E-state index in [-0.39, 0.29) is 11.5 Å². The summed E-state index contributed by atoms with van der Waals surface area (Å²) in [5, 5.41) is 10.9. The topological polar surface area (TPSA) is 20.2 Å². The highest BCUT2D eigenvalue weighted by Crippen LogP contribution is 2.68. The van der Waals surface area contributed by atoms with Crippen LogP contribution in [0.5, 0.6) is 0 Å². The molecule has 1 N–H and O–H groups in total. The SMILES string of the molecule is CC1(C)C[C@H]2[C@@H]3CCC4CCCC(O)[C@]4(C)[C@@H]3CC[C@]2(C)C1. The van der Waals surface area contributed by atoms with E-state index in [4.69, 9.17) is 0 Å². The predicted molar refractivity (Wildman–Crippen MR) is 91.5 cm³/mol. The first-order valence-electron chi connectivity index (χ1n) is 9.94. The summed E-state index contributed by atoms with van der Waals surface area (Å²) in [6.45, 7) is 10.1. The number of aliphatic hydroxyl groups excluding tert-OH is 1. The minimum Gasteiger partial charge on any atom is -0.393 e. The van der Waals surface area contributed by atoms with Gasteiger partial charge in [0.2, 0.25) is 0 Å². The molecule has 0 heterocycles. The van der Waals surface area contributed by atoms with Gasteiger partial charge in [0.05, 0.1) is 6.10 Å². The average Bonchev–Trinajstić information content (AvgIpc) is 2.69. The largest absolute Gasteiger partial charge is 0.393 e. The van der Waals surface area contributed by atoms with Crippen LogP contribution in [0, 0.1) is 39.9 Å². The smallest absolute Gasteiger partial charge is 0.0599 e. The highest BCUT2D eigenvalue weighted by atomic mass is 16.3. The molecule has 0 radical (unpaired) electrons. The van der Waals surface area contributed by atoms with E-state index in [2.05, 4.69) is 27.7 Å². The van der Waals surface area contributed by atoms with Crippen molar-refractivity contribution in [3.8, 4) is 0 Å². The number of hydrogen-bond acceptors (Lipinski definition) is 1. The van der Waals surface area contributed by atoms with Crippen molar-refractivity contribution in [2.45, 2.75) is 91.6 Å². The van der Waals surface area contributed by atoms with E-state index in [9.17, 15) is 5.11 Å². The fourth-order valence-corrected chi connectivity index (χ4v) is 8.09. The minimum atomic E-state index is -0.0298. The third kappa shape index (κ3) is 2.00. The van der Waals surface area contributed by atoms with Crippen molar-refractivity contribution < 1.29 is 5.11 Å². The Morgan fingerprint density at radius 3 is 2.41 bits per heavy atom. The lowest BCUT2D eigenvalue weighted by Gasteiger charge is -2.61. The van der Waals surface area contributed by atoms with Gasteiger partial charge in [-0.3, -0.25) is 0 Å². The van der Waals surface area contributed by atoms with Crippen molar-refractivity contribution in [1.29, 1.82) is 0 Å². The summed E-state index contributed by atoms with van der Waals surface area (Å²) in [6.07, 6.45) is 12.2. The second kappa shape index (κ2) is 4.74. The Bertz CT molecular complexity index is 455. The van der Waals surface area contributed by atoms with Crippen LogP contribution in [0.2, 0.25) is 0 Å². The Labute approximate surface area is 137 Å². The van der Waals surface area contributed by atoms with E-state index < -0.39 is 0 Å². The number of fused-ring (bicyclic) bond motifs is 5. The van der Waals surface area contributed by atoms with E-state index in [0.717, 1.165) is 30.1 Å². The molecule has 7 atom stereocenters. The normalized spacial score (nSPS) is 56.9. The molecular weight excluding hydrogens is 268 g/mol. The predicted octanol–water partition coefficient (Wildman–Crippen LogP) is 5.42. The lowest BCUT2D eigenvalue weighted by atomic mass is 9.45. The van der Waals surface area contributed by atoms with Crippen LogP contribution in [-0.4, -0.2) is 11.2 Å².